The molecule has 0 radical (unpaired) electrons. The summed E-state index contributed by atoms with van der Waals surface area (Å²) in [5.41, 5.74) is 2.85. The molecule has 138 valence electrons. The monoisotopic (exact) mass is 360 g/mol. The van der Waals surface area contributed by atoms with E-state index in [2.05, 4.69) is 22.4 Å². The van der Waals surface area contributed by atoms with Crippen molar-refractivity contribution in [3.05, 3.63) is 106 Å². The van der Waals surface area contributed by atoms with Crippen LogP contribution in [0, 0.1) is 6.92 Å². The molecule has 0 aliphatic carbocycles. The molecule has 1 aromatic heterocycles. The number of hydrogen-bond acceptors (Lipinski definition) is 2. The fourth-order valence-corrected chi connectivity index (χ4v) is 3.15. The first-order valence-corrected chi connectivity index (χ1v) is 9.23. The number of hydrogen-bond donors (Lipinski definition) is 2. The molecule has 1 heterocycles. The Labute approximate surface area is 159 Å². The number of nitrogens with one attached hydrogen (secondary N) is 2. The molecule has 0 saturated carbocycles. The van der Waals surface area contributed by atoms with E-state index in [-0.39, 0.29) is 23.1 Å². The SMILES string of the molecule is Cc1ccc(C(=O)NC(CCCc2ccccc2)c2ccccc2)c(=O)[nH]1. The first-order valence-electron chi connectivity index (χ1n) is 9.23. The Hall–Kier alpha value is -3.14. The molecular weight excluding hydrogens is 336 g/mol. The summed E-state index contributed by atoms with van der Waals surface area (Å²) < 4.78 is 0. The molecule has 3 aromatic rings. The number of rotatable bonds is 7. The average molecular weight is 360 g/mol. The summed E-state index contributed by atoms with van der Waals surface area (Å²) in [5, 5.41) is 3.04. The Balaban J connectivity index is 1.72. The van der Waals surface area contributed by atoms with E-state index in [1.807, 2.05) is 48.5 Å². The lowest BCUT2D eigenvalue weighted by Crippen LogP contribution is -2.33. The molecule has 3 rings (SSSR count). The molecule has 1 unspecified atom stereocenters. The van der Waals surface area contributed by atoms with E-state index >= 15 is 0 Å². The lowest BCUT2D eigenvalue weighted by Gasteiger charge is -2.19. The summed E-state index contributed by atoms with van der Waals surface area (Å²) in [6, 6.07) is 23.4. The first kappa shape index (κ1) is 18.6. The maximum atomic E-state index is 12.7. The highest BCUT2D eigenvalue weighted by Crippen LogP contribution is 2.20. The molecule has 0 aliphatic rings. The summed E-state index contributed by atoms with van der Waals surface area (Å²) in [6.07, 6.45) is 2.69. The Morgan fingerprint density at radius 1 is 0.963 bits per heavy atom. The van der Waals surface area contributed by atoms with Crippen molar-refractivity contribution < 1.29 is 4.79 Å². The Kier molecular flexibility index (Phi) is 6.21. The fourth-order valence-electron chi connectivity index (χ4n) is 3.15. The lowest BCUT2D eigenvalue weighted by molar-refractivity contribution is 0.0932. The normalized spacial score (nSPS) is 11.7. The van der Waals surface area contributed by atoms with Crippen LogP contribution in [0.1, 0.15) is 46.1 Å². The quantitative estimate of drug-likeness (QED) is 0.664. The predicted octanol–water partition coefficient (Wildman–Crippen LogP) is 4.18. The van der Waals surface area contributed by atoms with Crippen LogP contribution in [0.2, 0.25) is 0 Å². The number of amides is 1. The van der Waals surface area contributed by atoms with Gasteiger partial charge in [-0.05, 0) is 49.4 Å². The van der Waals surface area contributed by atoms with Gasteiger partial charge in [0.1, 0.15) is 5.56 Å². The molecule has 0 spiro atoms. The largest absolute Gasteiger partial charge is 0.345 e. The molecule has 1 atom stereocenters. The topological polar surface area (TPSA) is 62.0 Å². The fraction of sp³-hybridized carbons (Fsp3) is 0.217. The van der Waals surface area contributed by atoms with Crippen molar-refractivity contribution in [2.24, 2.45) is 0 Å². The molecule has 0 aliphatic heterocycles. The minimum absolute atomic E-state index is 0.136. The van der Waals surface area contributed by atoms with Gasteiger partial charge in [-0.25, -0.2) is 0 Å². The first-order chi connectivity index (χ1) is 13.1. The molecule has 4 heteroatoms. The summed E-state index contributed by atoms with van der Waals surface area (Å²) in [4.78, 5) is 27.4. The van der Waals surface area contributed by atoms with Gasteiger partial charge in [0.05, 0.1) is 6.04 Å². The van der Waals surface area contributed by atoms with Gasteiger partial charge in [0, 0.05) is 5.69 Å². The van der Waals surface area contributed by atoms with Gasteiger partial charge in [-0.1, -0.05) is 60.7 Å². The zero-order valence-corrected chi connectivity index (χ0v) is 15.4. The van der Waals surface area contributed by atoms with Crippen molar-refractivity contribution in [3.8, 4) is 0 Å². The van der Waals surface area contributed by atoms with E-state index < -0.39 is 0 Å². The van der Waals surface area contributed by atoms with Crippen molar-refractivity contribution in [3.63, 3.8) is 0 Å². The highest BCUT2D eigenvalue weighted by molar-refractivity contribution is 5.94. The summed E-state index contributed by atoms with van der Waals surface area (Å²) in [7, 11) is 0. The van der Waals surface area contributed by atoms with Crippen LogP contribution >= 0.6 is 0 Å². The molecular formula is C23H24N2O2. The molecule has 27 heavy (non-hydrogen) atoms. The van der Waals surface area contributed by atoms with Gasteiger partial charge < -0.3 is 10.3 Å². The summed E-state index contributed by atoms with van der Waals surface area (Å²) >= 11 is 0. The summed E-state index contributed by atoms with van der Waals surface area (Å²) in [6.45, 7) is 1.79. The smallest absolute Gasteiger partial charge is 0.260 e. The second kappa shape index (κ2) is 8.99. The van der Waals surface area contributed by atoms with Gasteiger partial charge in [-0.15, -0.1) is 0 Å². The van der Waals surface area contributed by atoms with Crippen LogP contribution in [0.5, 0.6) is 0 Å². The van der Waals surface area contributed by atoms with Crippen LogP contribution in [-0.4, -0.2) is 10.9 Å². The molecule has 2 aromatic carbocycles. The molecule has 0 fully saturated rings. The van der Waals surface area contributed by atoms with Crippen molar-refractivity contribution in [1.82, 2.24) is 10.3 Å². The van der Waals surface area contributed by atoms with Gasteiger partial charge in [0.2, 0.25) is 0 Å². The van der Waals surface area contributed by atoms with E-state index in [0.717, 1.165) is 30.5 Å². The van der Waals surface area contributed by atoms with E-state index in [9.17, 15) is 9.59 Å². The van der Waals surface area contributed by atoms with Gasteiger partial charge in [0.15, 0.2) is 0 Å². The number of aromatic amines is 1. The zero-order valence-electron chi connectivity index (χ0n) is 15.4. The number of benzene rings is 2. The van der Waals surface area contributed by atoms with Crippen LogP contribution in [0.3, 0.4) is 0 Å². The van der Waals surface area contributed by atoms with Gasteiger partial charge in [-0.2, -0.15) is 0 Å². The minimum Gasteiger partial charge on any atom is -0.345 e. The number of pyridine rings is 1. The second-order valence-electron chi connectivity index (χ2n) is 6.70. The number of carbonyl (C=O) groups excluding carboxylic acids is 1. The van der Waals surface area contributed by atoms with Crippen molar-refractivity contribution in [1.29, 1.82) is 0 Å². The van der Waals surface area contributed by atoms with E-state index in [4.69, 9.17) is 0 Å². The third-order valence-electron chi connectivity index (χ3n) is 4.61. The number of aromatic nitrogens is 1. The predicted molar refractivity (Wildman–Crippen MR) is 108 cm³/mol. The standard InChI is InChI=1S/C23H24N2O2/c1-17-15-16-20(22(26)24-17)23(27)25-21(19-12-6-3-7-13-19)14-8-11-18-9-4-2-5-10-18/h2-7,9-10,12-13,15-16,21H,8,11,14H2,1H3,(H,24,26)(H,25,27). The lowest BCUT2D eigenvalue weighted by atomic mass is 9.98. The highest BCUT2D eigenvalue weighted by atomic mass is 16.2. The van der Waals surface area contributed by atoms with E-state index in [1.54, 1.807) is 19.1 Å². The van der Waals surface area contributed by atoms with Crippen LogP contribution in [0.4, 0.5) is 0 Å². The van der Waals surface area contributed by atoms with Crippen LogP contribution in [0.25, 0.3) is 0 Å². The molecule has 4 nitrogen and oxygen atoms in total. The Morgan fingerprint density at radius 3 is 2.30 bits per heavy atom. The average Bonchev–Trinajstić information content (AvgIpc) is 2.68. The molecule has 2 N–H and O–H groups in total. The van der Waals surface area contributed by atoms with Crippen molar-refractivity contribution in [2.45, 2.75) is 32.2 Å². The van der Waals surface area contributed by atoms with Gasteiger partial charge in [0.25, 0.3) is 11.5 Å². The van der Waals surface area contributed by atoms with Gasteiger partial charge in [-0.3, -0.25) is 9.59 Å². The minimum atomic E-state index is -0.358. The summed E-state index contributed by atoms with van der Waals surface area (Å²) in [5.74, 6) is -0.343. The second-order valence-corrected chi connectivity index (χ2v) is 6.70. The zero-order chi connectivity index (χ0) is 19.1. The van der Waals surface area contributed by atoms with Crippen LogP contribution in [0.15, 0.2) is 77.6 Å². The van der Waals surface area contributed by atoms with E-state index in [0.29, 0.717) is 0 Å². The molecule has 0 saturated heterocycles. The van der Waals surface area contributed by atoms with E-state index in [1.165, 1.54) is 5.56 Å². The van der Waals surface area contributed by atoms with Crippen molar-refractivity contribution >= 4 is 5.91 Å². The maximum Gasteiger partial charge on any atom is 0.260 e. The number of carbonyl (C=O) groups is 1. The van der Waals surface area contributed by atoms with Crippen LogP contribution in [-0.2, 0) is 6.42 Å². The third-order valence-corrected chi connectivity index (χ3v) is 4.61. The Bertz CT molecular complexity index is 933. The van der Waals surface area contributed by atoms with Gasteiger partial charge >= 0.3 is 0 Å². The number of H-pyrrole nitrogens is 1. The number of aryl methyl sites for hydroxylation is 2. The third kappa shape index (κ3) is 5.17. The van der Waals surface area contributed by atoms with Crippen molar-refractivity contribution in [2.75, 3.05) is 0 Å². The molecule has 0 bridgehead atoms. The molecule has 1 amide bonds. The van der Waals surface area contributed by atoms with Crippen LogP contribution < -0.4 is 10.9 Å². The highest BCUT2D eigenvalue weighted by Gasteiger charge is 2.17. The Morgan fingerprint density at radius 2 is 1.63 bits per heavy atom. The maximum absolute atomic E-state index is 12.7.